The summed E-state index contributed by atoms with van der Waals surface area (Å²) in [5.74, 6) is -0.596. The van der Waals surface area contributed by atoms with Crippen LogP contribution in [0.5, 0.6) is 5.75 Å². The summed E-state index contributed by atoms with van der Waals surface area (Å²) in [6, 6.07) is 12.3. The molecule has 2 aromatic rings. The van der Waals surface area contributed by atoms with Crippen molar-refractivity contribution in [1.82, 2.24) is 0 Å². The molecule has 2 rings (SSSR count). The van der Waals surface area contributed by atoms with Crippen LogP contribution in [-0.4, -0.2) is 12.4 Å². The number of hydrogen-bond acceptors (Lipinski definition) is 3. The van der Waals surface area contributed by atoms with Gasteiger partial charge in [-0.05, 0) is 18.2 Å². The van der Waals surface area contributed by atoms with Crippen LogP contribution in [0.25, 0.3) is 0 Å². The van der Waals surface area contributed by atoms with E-state index in [1.807, 2.05) is 0 Å². The Labute approximate surface area is 108 Å². The Morgan fingerprint density at radius 3 is 2.42 bits per heavy atom. The zero-order chi connectivity index (χ0) is 13.8. The monoisotopic (exact) mass is 263 g/mol. The van der Waals surface area contributed by atoms with Crippen molar-refractivity contribution in [3.63, 3.8) is 0 Å². The third kappa shape index (κ3) is 3.07. The quantitative estimate of drug-likeness (QED) is 0.681. The molecule has 0 aliphatic heterocycles. The number of alkyl halides is 2. The number of carbonyl (C=O) groups is 1. The number of rotatable bonds is 4. The molecule has 0 spiro atoms. The fourth-order valence-electron chi connectivity index (χ4n) is 1.67. The first-order valence-electron chi connectivity index (χ1n) is 5.52. The van der Waals surface area contributed by atoms with Crippen LogP contribution in [0.2, 0.25) is 0 Å². The molecule has 98 valence electrons. The van der Waals surface area contributed by atoms with Crippen molar-refractivity contribution in [2.24, 2.45) is 0 Å². The Bertz CT molecular complexity index is 585. The molecule has 0 fully saturated rings. The average Bonchev–Trinajstić information content (AvgIpc) is 2.40. The number of benzene rings is 2. The van der Waals surface area contributed by atoms with Gasteiger partial charge in [-0.15, -0.1) is 0 Å². The van der Waals surface area contributed by atoms with Gasteiger partial charge in [0.25, 0.3) is 0 Å². The number of ether oxygens (including phenoxy) is 1. The van der Waals surface area contributed by atoms with Crippen molar-refractivity contribution < 1.29 is 18.3 Å². The fourth-order valence-corrected chi connectivity index (χ4v) is 1.67. The average molecular weight is 263 g/mol. The van der Waals surface area contributed by atoms with Crippen LogP contribution in [0.3, 0.4) is 0 Å². The lowest BCUT2D eigenvalue weighted by molar-refractivity contribution is -0.0501. The molecule has 0 radical (unpaired) electrons. The largest absolute Gasteiger partial charge is 0.434 e. The number of carbonyl (C=O) groups excluding carboxylic acids is 1. The van der Waals surface area contributed by atoms with Gasteiger partial charge in [-0.3, -0.25) is 4.79 Å². The smallest absolute Gasteiger partial charge is 0.387 e. The molecule has 0 saturated heterocycles. The number of nitrogen functional groups attached to an aromatic ring is 1. The summed E-state index contributed by atoms with van der Waals surface area (Å²) < 4.78 is 28.9. The van der Waals surface area contributed by atoms with Crippen molar-refractivity contribution in [2.75, 3.05) is 5.73 Å². The van der Waals surface area contributed by atoms with E-state index < -0.39 is 12.4 Å². The third-order valence-corrected chi connectivity index (χ3v) is 2.50. The molecule has 3 nitrogen and oxygen atoms in total. The summed E-state index contributed by atoms with van der Waals surface area (Å²) in [4.78, 5) is 12.2. The highest BCUT2D eigenvalue weighted by atomic mass is 19.3. The molecule has 2 N–H and O–H groups in total. The molecule has 0 unspecified atom stereocenters. The van der Waals surface area contributed by atoms with E-state index in [1.165, 1.54) is 18.2 Å². The minimum atomic E-state index is -2.99. The van der Waals surface area contributed by atoms with E-state index in [9.17, 15) is 13.6 Å². The molecule has 0 aliphatic carbocycles. The van der Waals surface area contributed by atoms with E-state index in [0.29, 0.717) is 11.3 Å². The number of anilines is 1. The number of ketones is 1. The maximum absolute atomic E-state index is 12.3. The lowest BCUT2D eigenvalue weighted by Crippen LogP contribution is -2.09. The van der Waals surface area contributed by atoms with E-state index in [1.54, 1.807) is 30.3 Å². The Hall–Kier alpha value is -2.43. The van der Waals surface area contributed by atoms with Crippen LogP contribution >= 0.6 is 0 Å². The van der Waals surface area contributed by atoms with Gasteiger partial charge in [0.05, 0.1) is 5.56 Å². The van der Waals surface area contributed by atoms with Gasteiger partial charge in [0.15, 0.2) is 5.78 Å². The highest BCUT2D eigenvalue weighted by Crippen LogP contribution is 2.25. The fraction of sp³-hybridized carbons (Fsp3) is 0.0714. The SMILES string of the molecule is Nc1ccc(OC(F)F)c(C(=O)c2ccccc2)c1. The van der Waals surface area contributed by atoms with Gasteiger partial charge in [-0.2, -0.15) is 8.78 Å². The second-order valence-electron chi connectivity index (χ2n) is 3.83. The van der Waals surface area contributed by atoms with Gasteiger partial charge in [-0.1, -0.05) is 30.3 Å². The van der Waals surface area contributed by atoms with Crippen LogP contribution in [0, 0.1) is 0 Å². The Balaban J connectivity index is 2.43. The molecule has 0 saturated carbocycles. The lowest BCUT2D eigenvalue weighted by atomic mass is 10.0. The maximum atomic E-state index is 12.3. The van der Waals surface area contributed by atoms with E-state index >= 15 is 0 Å². The van der Waals surface area contributed by atoms with Gasteiger partial charge >= 0.3 is 6.61 Å². The predicted octanol–water partition coefficient (Wildman–Crippen LogP) is 3.10. The van der Waals surface area contributed by atoms with Crippen molar-refractivity contribution >= 4 is 11.5 Å². The molecule has 0 aliphatic rings. The Morgan fingerprint density at radius 1 is 1.11 bits per heavy atom. The predicted molar refractivity (Wildman–Crippen MR) is 67.4 cm³/mol. The summed E-state index contributed by atoms with van der Waals surface area (Å²) in [5, 5.41) is 0. The second-order valence-corrected chi connectivity index (χ2v) is 3.83. The Morgan fingerprint density at radius 2 is 1.79 bits per heavy atom. The van der Waals surface area contributed by atoms with Crippen LogP contribution in [0.1, 0.15) is 15.9 Å². The molecular formula is C14H11F2NO2. The first-order chi connectivity index (χ1) is 9.08. The second kappa shape index (κ2) is 5.48. The zero-order valence-corrected chi connectivity index (χ0v) is 9.85. The molecule has 0 bridgehead atoms. The highest BCUT2D eigenvalue weighted by Gasteiger charge is 2.17. The first kappa shape index (κ1) is 13.0. The van der Waals surface area contributed by atoms with Gasteiger partial charge in [0, 0.05) is 11.3 Å². The first-order valence-corrected chi connectivity index (χ1v) is 5.52. The minimum Gasteiger partial charge on any atom is -0.434 e. The van der Waals surface area contributed by atoms with Gasteiger partial charge < -0.3 is 10.5 Å². The molecule has 0 heterocycles. The van der Waals surface area contributed by atoms with Crippen molar-refractivity contribution in [1.29, 1.82) is 0 Å². The Kier molecular flexibility index (Phi) is 3.75. The maximum Gasteiger partial charge on any atom is 0.387 e. The molecule has 0 aromatic heterocycles. The summed E-state index contributed by atoms with van der Waals surface area (Å²) in [5.41, 5.74) is 6.29. The molecule has 5 heteroatoms. The summed E-state index contributed by atoms with van der Waals surface area (Å²) in [6.45, 7) is -2.99. The van der Waals surface area contributed by atoms with E-state index in [-0.39, 0.29) is 11.3 Å². The zero-order valence-electron chi connectivity index (χ0n) is 9.85. The van der Waals surface area contributed by atoms with E-state index in [2.05, 4.69) is 4.74 Å². The topological polar surface area (TPSA) is 52.3 Å². The van der Waals surface area contributed by atoms with Crippen LogP contribution in [0.4, 0.5) is 14.5 Å². The summed E-state index contributed by atoms with van der Waals surface area (Å²) in [6.07, 6.45) is 0. The highest BCUT2D eigenvalue weighted by molar-refractivity contribution is 6.11. The number of hydrogen-bond donors (Lipinski definition) is 1. The minimum absolute atomic E-state index is 0.0199. The van der Waals surface area contributed by atoms with E-state index in [4.69, 9.17) is 5.73 Å². The number of nitrogens with two attached hydrogens (primary N) is 1. The van der Waals surface area contributed by atoms with Crippen molar-refractivity contribution in [3.8, 4) is 5.75 Å². The normalized spacial score (nSPS) is 10.5. The number of halogens is 2. The summed E-state index contributed by atoms with van der Waals surface area (Å²) in [7, 11) is 0. The summed E-state index contributed by atoms with van der Waals surface area (Å²) >= 11 is 0. The molecule has 0 atom stereocenters. The van der Waals surface area contributed by atoms with Crippen molar-refractivity contribution in [3.05, 3.63) is 59.7 Å². The van der Waals surface area contributed by atoms with E-state index in [0.717, 1.165) is 0 Å². The molecular weight excluding hydrogens is 252 g/mol. The van der Waals surface area contributed by atoms with Gasteiger partial charge in [0.1, 0.15) is 5.75 Å². The third-order valence-electron chi connectivity index (χ3n) is 2.50. The molecule has 2 aromatic carbocycles. The molecule has 19 heavy (non-hydrogen) atoms. The van der Waals surface area contributed by atoms with Gasteiger partial charge in [-0.25, -0.2) is 0 Å². The van der Waals surface area contributed by atoms with Gasteiger partial charge in [0.2, 0.25) is 0 Å². The van der Waals surface area contributed by atoms with Crippen LogP contribution in [-0.2, 0) is 0 Å². The lowest BCUT2D eigenvalue weighted by Gasteiger charge is -2.10. The molecule has 0 amide bonds. The van der Waals surface area contributed by atoms with Crippen LogP contribution < -0.4 is 10.5 Å². The van der Waals surface area contributed by atoms with Crippen molar-refractivity contribution in [2.45, 2.75) is 6.61 Å². The standard InChI is InChI=1S/C14H11F2NO2/c15-14(16)19-12-7-6-10(17)8-11(12)13(18)9-4-2-1-3-5-9/h1-8,14H,17H2. The van der Waals surface area contributed by atoms with Crippen LogP contribution in [0.15, 0.2) is 48.5 Å².